The Hall–Kier alpha value is -3.10. The number of hydrogen-bond donors (Lipinski definition) is 2. The maximum Gasteiger partial charge on any atom is 0.328 e. The van der Waals surface area contributed by atoms with Gasteiger partial charge in [-0.05, 0) is 63.1 Å². The number of fused-ring (bicyclic) bond motifs is 1. The SMILES string of the molecule is CCOC(=O)[C@H]1CCCN1C(=O)c1ccc(C(=O)N[C@@H](C)c2nc3ccc(Cl)cc3[nH]2)cc1Cl. The van der Waals surface area contributed by atoms with E-state index in [-0.39, 0.29) is 29.0 Å². The van der Waals surface area contributed by atoms with Crippen LogP contribution in [0.1, 0.15) is 59.3 Å². The Bertz CT molecular complexity index is 1260. The summed E-state index contributed by atoms with van der Waals surface area (Å²) in [5, 5.41) is 3.60. The van der Waals surface area contributed by atoms with Crippen molar-refractivity contribution < 1.29 is 19.1 Å². The third kappa shape index (κ3) is 4.88. The van der Waals surface area contributed by atoms with Gasteiger partial charge in [0.25, 0.3) is 11.8 Å². The molecule has 0 radical (unpaired) electrons. The molecule has 1 saturated heterocycles. The Kier molecular flexibility index (Phi) is 7.09. The lowest BCUT2D eigenvalue weighted by molar-refractivity contribution is -0.147. The summed E-state index contributed by atoms with van der Waals surface area (Å²) in [5.74, 6) is -0.552. The van der Waals surface area contributed by atoms with Gasteiger partial charge in [0.2, 0.25) is 0 Å². The number of aromatic nitrogens is 2. The van der Waals surface area contributed by atoms with Crippen LogP contribution in [0.4, 0.5) is 0 Å². The van der Waals surface area contributed by atoms with E-state index < -0.39 is 18.1 Å². The molecule has 0 aliphatic carbocycles. The van der Waals surface area contributed by atoms with E-state index >= 15 is 0 Å². The summed E-state index contributed by atoms with van der Waals surface area (Å²) < 4.78 is 5.09. The number of carbonyl (C=O) groups excluding carboxylic acids is 3. The van der Waals surface area contributed by atoms with Crippen molar-refractivity contribution in [2.75, 3.05) is 13.2 Å². The van der Waals surface area contributed by atoms with Crippen LogP contribution in [0.5, 0.6) is 0 Å². The van der Waals surface area contributed by atoms with Crippen molar-refractivity contribution in [2.24, 2.45) is 0 Å². The molecular weight excluding hydrogens is 479 g/mol. The van der Waals surface area contributed by atoms with Crippen LogP contribution in [-0.4, -0.2) is 51.8 Å². The van der Waals surface area contributed by atoms with Gasteiger partial charge in [-0.2, -0.15) is 0 Å². The normalized spacial score (nSPS) is 16.5. The summed E-state index contributed by atoms with van der Waals surface area (Å²) in [7, 11) is 0. The van der Waals surface area contributed by atoms with Crippen LogP contribution in [-0.2, 0) is 9.53 Å². The first-order chi connectivity index (χ1) is 16.3. The van der Waals surface area contributed by atoms with Gasteiger partial charge in [0.15, 0.2) is 0 Å². The molecule has 0 saturated carbocycles. The zero-order valence-electron chi connectivity index (χ0n) is 18.7. The van der Waals surface area contributed by atoms with Crippen LogP contribution < -0.4 is 5.32 Å². The van der Waals surface area contributed by atoms with Crippen molar-refractivity contribution in [3.8, 4) is 0 Å². The fourth-order valence-corrected chi connectivity index (χ4v) is 4.47. The van der Waals surface area contributed by atoms with E-state index in [1.54, 1.807) is 32.0 Å². The molecule has 2 N–H and O–H groups in total. The van der Waals surface area contributed by atoms with E-state index in [2.05, 4.69) is 15.3 Å². The highest BCUT2D eigenvalue weighted by atomic mass is 35.5. The summed E-state index contributed by atoms with van der Waals surface area (Å²) in [6.45, 7) is 4.23. The summed E-state index contributed by atoms with van der Waals surface area (Å²) in [5.41, 5.74) is 2.06. The molecule has 1 aliphatic rings. The van der Waals surface area contributed by atoms with Crippen molar-refractivity contribution in [3.63, 3.8) is 0 Å². The zero-order chi connectivity index (χ0) is 24.4. The number of nitrogens with zero attached hydrogens (tertiary/aromatic N) is 2. The second kappa shape index (κ2) is 10.0. The van der Waals surface area contributed by atoms with Gasteiger partial charge < -0.3 is 19.9 Å². The molecule has 2 aromatic carbocycles. The van der Waals surface area contributed by atoms with Gasteiger partial charge >= 0.3 is 5.97 Å². The fraction of sp³-hybridized carbons (Fsp3) is 0.333. The number of benzene rings is 2. The molecule has 34 heavy (non-hydrogen) atoms. The molecule has 0 spiro atoms. The van der Waals surface area contributed by atoms with E-state index in [0.29, 0.717) is 35.8 Å². The van der Waals surface area contributed by atoms with E-state index in [1.165, 1.54) is 23.1 Å². The van der Waals surface area contributed by atoms with Gasteiger partial charge in [-0.25, -0.2) is 9.78 Å². The number of nitrogens with one attached hydrogen (secondary N) is 2. The maximum atomic E-state index is 13.1. The first-order valence-electron chi connectivity index (χ1n) is 11.0. The average Bonchev–Trinajstić information content (AvgIpc) is 3.45. The number of amides is 2. The number of likely N-dealkylation sites (tertiary alicyclic amines) is 1. The third-order valence-electron chi connectivity index (χ3n) is 5.75. The fourth-order valence-electron chi connectivity index (χ4n) is 4.03. The Morgan fingerprint density at radius 1 is 1.24 bits per heavy atom. The summed E-state index contributed by atoms with van der Waals surface area (Å²) in [4.78, 5) is 47.2. The number of halogens is 2. The Labute approximate surface area is 206 Å². The predicted molar refractivity (Wildman–Crippen MR) is 129 cm³/mol. The summed E-state index contributed by atoms with van der Waals surface area (Å²) in [6, 6.07) is 8.78. The predicted octanol–water partition coefficient (Wildman–Crippen LogP) is 4.53. The highest BCUT2D eigenvalue weighted by Gasteiger charge is 2.36. The molecule has 10 heteroatoms. The van der Waals surface area contributed by atoms with Crippen molar-refractivity contribution in [3.05, 3.63) is 63.4 Å². The van der Waals surface area contributed by atoms with Crippen LogP contribution in [0, 0.1) is 0 Å². The molecule has 2 amide bonds. The van der Waals surface area contributed by atoms with Gasteiger partial charge in [-0.3, -0.25) is 9.59 Å². The number of hydrogen-bond acceptors (Lipinski definition) is 5. The molecular formula is C24H24Cl2N4O4. The molecule has 1 aromatic heterocycles. The topological polar surface area (TPSA) is 104 Å². The Balaban J connectivity index is 1.47. The van der Waals surface area contributed by atoms with E-state index in [4.69, 9.17) is 27.9 Å². The molecule has 178 valence electrons. The number of esters is 1. The standard InChI is InChI=1S/C24H24Cl2N4O4/c1-3-34-24(33)20-5-4-10-30(20)23(32)16-8-6-14(11-17(16)26)22(31)27-13(2)21-28-18-9-7-15(25)12-19(18)29-21/h6-9,11-13,20H,3-5,10H2,1-2H3,(H,27,31)(H,28,29)/t13-,20+/m0/s1. The number of imidazole rings is 1. The quantitative estimate of drug-likeness (QED) is 0.481. The number of aromatic amines is 1. The van der Waals surface area contributed by atoms with Gasteiger partial charge in [0.05, 0.1) is 34.3 Å². The summed E-state index contributed by atoms with van der Waals surface area (Å²) in [6.07, 6.45) is 1.26. The maximum absolute atomic E-state index is 13.1. The van der Waals surface area contributed by atoms with Crippen molar-refractivity contribution in [1.29, 1.82) is 0 Å². The van der Waals surface area contributed by atoms with Gasteiger partial charge in [0.1, 0.15) is 11.9 Å². The van der Waals surface area contributed by atoms with Gasteiger partial charge in [0, 0.05) is 17.1 Å². The molecule has 2 heterocycles. The van der Waals surface area contributed by atoms with Crippen LogP contribution >= 0.6 is 23.2 Å². The van der Waals surface area contributed by atoms with Crippen LogP contribution in [0.2, 0.25) is 10.0 Å². The van der Waals surface area contributed by atoms with E-state index in [9.17, 15) is 14.4 Å². The lowest BCUT2D eigenvalue weighted by Gasteiger charge is -2.23. The van der Waals surface area contributed by atoms with Crippen LogP contribution in [0.25, 0.3) is 11.0 Å². The second-order valence-corrected chi connectivity index (χ2v) is 8.93. The third-order valence-corrected chi connectivity index (χ3v) is 6.30. The molecule has 8 nitrogen and oxygen atoms in total. The Morgan fingerprint density at radius 3 is 2.76 bits per heavy atom. The molecule has 3 aromatic rings. The monoisotopic (exact) mass is 502 g/mol. The first kappa shape index (κ1) is 24.0. The van der Waals surface area contributed by atoms with Crippen molar-refractivity contribution in [2.45, 2.75) is 38.8 Å². The second-order valence-electron chi connectivity index (χ2n) is 8.08. The lowest BCUT2D eigenvalue weighted by Crippen LogP contribution is -2.41. The minimum Gasteiger partial charge on any atom is -0.464 e. The smallest absolute Gasteiger partial charge is 0.328 e. The molecule has 2 atom stereocenters. The molecule has 1 fully saturated rings. The summed E-state index contributed by atoms with van der Waals surface area (Å²) >= 11 is 12.4. The largest absolute Gasteiger partial charge is 0.464 e. The zero-order valence-corrected chi connectivity index (χ0v) is 20.2. The van der Waals surface area contributed by atoms with Gasteiger partial charge in [-0.1, -0.05) is 23.2 Å². The first-order valence-corrected chi connectivity index (χ1v) is 11.8. The van der Waals surface area contributed by atoms with Crippen LogP contribution in [0.15, 0.2) is 36.4 Å². The Morgan fingerprint density at radius 2 is 2.03 bits per heavy atom. The highest BCUT2D eigenvalue weighted by Crippen LogP contribution is 2.26. The lowest BCUT2D eigenvalue weighted by atomic mass is 10.1. The van der Waals surface area contributed by atoms with Crippen LogP contribution in [0.3, 0.4) is 0 Å². The number of ether oxygens (including phenoxy) is 1. The van der Waals surface area contributed by atoms with Crippen molar-refractivity contribution in [1.82, 2.24) is 20.2 Å². The van der Waals surface area contributed by atoms with E-state index in [1.807, 2.05) is 0 Å². The molecule has 1 aliphatic heterocycles. The average molecular weight is 503 g/mol. The number of rotatable bonds is 6. The molecule has 0 bridgehead atoms. The number of carbonyl (C=O) groups is 3. The minimum absolute atomic E-state index is 0.137. The highest BCUT2D eigenvalue weighted by molar-refractivity contribution is 6.34. The number of H-pyrrole nitrogens is 1. The van der Waals surface area contributed by atoms with E-state index in [0.717, 1.165) is 11.0 Å². The van der Waals surface area contributed by atoms with Crippen molar-refractivity contribution >= 4 is 52.0 Å². The molecule has 0 unspecified atom stereocenters. The molecule has 4 rings (SSSR count). The van der Waals surface area contributed by atoms with Gasteiger partial charge in [-0.15, -0.1) is 0 Å². The minimum atomic E-state index is -0.619.